The number of hydrogen-bond donors (Lipinski definition) is 0. The number of ether oxygens (including phenoxy) is 1. The van der Waals surface area contributed by atoms with E-state index < -0.39 is 0 Å². The van der Waals surface area contributed by atoms with E-state index in [1.807, 2.05) is 26.8 Å². The Balaban J connectivity index is -0.000000335. The van der Waals surface area contributed by atoms with Crippen LogP contribution in [-0.2, 0) is 9.53 Å². The van der Waals surface area contributed by atoms with Gasteiger partial charge in [-0.3, -0.25) is 4.79 Å². The molecule has 0 spiro atoms. The zero-order valence-corrected chi connectivity index (χ0v) is 16.5. The minimum Gasteiger partial charge on any atom is -0.463 e. The monoisotopic (exact) mass is 326 g/mol. The Morgan fingerprint density at radius 3 is 1.87 bits per heavy atom. The smallest absolute Gasteiger partial charge is 0.306 e. The predicted octanol–water partition coefficient (Wildman–Crippen LogP) is 7.24. The normalized spacial score (nSPS) is 9.13. The van der Waals surface area contributed by atoms with Crippen LogP contribution in [-0.4, -0.2) is 12.1 Å². The molecule has 23 heavy (non-hydrogen) atoms. The van der Waals surface area contributed by atoms with E-state index in [0.717, 1.165) is 12.8 Å². The Labute approximate surface area is 146 Å². The largest absolute Gasteiger partial charge is 0.463 e. The Kier molecular flexibility index (Phi) is 30.2. The summed E-state index contributed by atoms with van der Waals surface area (Å²) in [4.78, 5) is 11.1. The fourth-order valence-electron chi connectivity index (χ4n) is 1.73. The molecule has 0 N–H and O–H groups in total. The van der Waals surface area contributed by atoms with Gasteiger partial charge in [0, 0.05) is 6.42 Å². The van der Waals surface area contributed by atoms with Crippen molar-refractivity contribution in [1.29, 1.82) is 0 Å². The van der Waals surface area contributed by atoms with Gasteiger partial charge in [0.05, 0.1) is 6.10 Å². The zero-order valence-electron chi connectivity index (χ0n) is 16.5. The Hall–Kier alpha value is -1.05. The highest BCUT2D eigenvalue weighted by Gasteiger charge is 2.03. The van der Waals surface area contributed by atoms with Gasteiger partial charge in [-0.25, -0.2) is 0 Å². The van der Waals surface area contributed by atoms with Gasteiger partial charge < -0.3 is 4.74 Å². The van der Waals surface area contributed by atoms with E-state index in [2.05, 4.69) is 27.0 Å². The maximum atomic E-state index is 11.1. The second kappa shape index (κ2) is 25.9. The van der Waals surface area contributed by atoms with Crippen LogP contribution in [0.25, 0.3) is 0 Å². The molecule has 0 unspecified atom stereocenters. The summed E-state index contributed by atoms with van der Waals surface area (Å²) in [6.07, 6.45) is 15.4. The summed E-state index contributed by atoms with van der Waals surface area (Å²) in [5.41, 5.74) is 0. The number of esters is 1. The molecule has 0 atom stereocenters. The van der Waals surface area contributed by atoms with Crippen molar-refractivity contribution in [3.05, 3.63) is 25.3 Å². The molecule has 0 saturated heterocycles. The Morgan fingerprint density at radius 1 is 0.957 bits per heavy atom. The summed E-state index contributed by atoms with van der Waals surface area (Å²) in [6.45, 7) is 17.0. The van der Waals surface area contributed by atoms with Crippen molar-refractivity contribution in [3.8, 4) is 0 Å². The van der Waals surface area contributed by atoms with E-state index in [-0.39, 0.29) is 12.1 Å². The summed E-state index contributed by atoms with van der Waals surface area (Å²) in [7, 11) is 0. The van der Waals surface area contributed by atoms with Crippen molar-refractivity contribution >= 4 is 5.97 Å². The average molecular weight is 327 g/mol. The van der Waals surface area contributed by atoms with Crippen molar-refractivity contribution in [2.45, 2.75) is 105 Å². The maximum Gasteiger partial charge on any atom is 0.306 e. The number of carbonyl (C=O) groups excluding carboxylic acids is 1. The fourth-order valence-corrected chi connectivity index (χ4v) is 1.73. The van der Waals surface area contributed by atoms with Crippen LogP contribution in [0.1, 0.15) is 98.8 Å². The summed E-state index contributed by atoms with van der Waals surface area (Å²) in [6, 6.07) is 0. The van der Waals surface area contributed by atoms with Crippen LogP contribution in [0.2, 0.25) is 0 Å². The molecule has 2 heteroatoms. The van der Waals surface area contributed by atoms with Crippen LogP contribution in [0.5, 0.6) is 0 Å². The molecule has 0 saturated carbocycles. The molecule has 0 aromatic heterocycles. The third-order valence-corrected chi connectivity index (χ3v) is 2.86. The molecular formula is C21H42O2. The molecule has 2 nitrogen and oxygen atoms in total. The lowest BCUT2D eigenvalue weighted by Gasteiger charge is -2.07. The molecule has 0 radical (unpaired) electrons. The molecule has 0 rings (SSSR count). The lowest BCUT2D eigenvalue weighted by molar-refractivity contribution is -0.147. The molecule has 0 aromatic rings. The zero-order chi connectivity index (χ0) is 18.3. The Bertz CT molecular complexity index is 244. The molecule has 0 bridgehead atoms. The topological polar surface area (TPSA) is 26.3 Å². The van der Waals surface area contributed by atoms with Crippen molar-refractivity contribution in [2.24, 2.45) is 0 Å². The molecule has 0 heterocycles. The lowest BCUT2D eigenvalue weighted by atomic mass is 10.1. The van der Waals surface area contributed by atoms with Gasteiger partial charge in [-0.05, 0) is 40.0 Å². The van der Waals surface area contributed by atoms with Crippen LogP contribution < -0.4 is 0 Å². The maximum absolute atomic E-state index is 11.1. The van der Waals surface area contributed by atoms with Crippen molar-refractivity contribution in [3.63, 3.8) is 0 Å². The number of carbonyl (C=O) groups is 1. The number of rotatable bonds is 11. The molecule has 138 valence electrons. The van der Waals surface area contributed by atoms with Gasteiger partial charge >= 0.3 is 5.97 Å². The molecule has 0 amide bonds. The first-order valence-electron chi connectivity index (χ1n) is 9.37. The molecule has 0 aliphatic heterocycles. The molecule has 0 aliphatic carbocycles. The van der Waals surface area contributed by atoms with Crippen LogP contribution >= 0.6 is 0 Å². The average Bonchev–Trinajstić information content (AvgIpc) is 2.48. The van der Waals surface area contributed by atoms with Gasteiger partial charge in [0.15, 0.2) is 0 Å². The summed E-state index contributed by atoms with van der Waals surface area (Å²) >= 11 is 0. The van der Waals surface area contributed by atoms with Gasteiger partial charge in [0.2, 0.25) is 0 Å². The van der Waals surface area contributed by atoms with Crippen LogP contribution in [0, 0.1) is 0 Å². The highest BCUT2D eigenvalue weighted by molar-refractivity contribution is 5.69. The first-order valence-corrected chi connectivity index (χ1v) is 9.37. The van der Waals surface area contributed by atoms with E-state index in [1.165, 1.54) is 44.9 Å². The van der Waals surface area contributed by atoms with Crippen molar-refractivity contribution in [2.75, 3.05) is 0 Å². The van der Waals surface area contributed by atoms with Gasteiger partial charge in [0.25, 0.3) is 0 Å². The standard InChI is InChI=1S/C11H22O2.C7H14.C3H6/c1-4-5-6-7-8-9-11(12)13-10(2)3;1-3-5-7-6-4-2;1-3-2/h10H,4-9H2,1-3H3;3H,1,4-7H2,2H3;3H,1H2,2H3. The molecule has 0 aliphatic rings. The van der Waals surface area contributed by atoms with E-state index in [1.54, 1.807) is 6.08 Å². The van der Waals surface area contributed by atoms with Gasteiger partial charge in [-0.1, -0.05) is 64.5 Å². The van der Waals surface area contributed by atoms with Crippen molar-refractivity contribution < 1.29 is 9.53 Å². The third-order valence-electron chi connectivity index (χ3n) is 2.86. The quantitative estimate of drug-likeness (QED) is 0.227. The third kappa shape index (κ3) is 38.7. The molecule has 0 aromatic carbocycles. The van der Waals surface area contributed by atoms with Crippen LogP contribution in [0.3, 0.4) is 0 Å². The second-order valence-electron chi connectivity index (χ2n) is 5.90. The number of unbranched alkanes of at least 4 members (excludes halogenated alkanes) is 7. The fraction of sp³-hybridized carbons (Fsp3) is 0.762. The van der Waals surface area contributed by atoms with Crippen LogP contribution in [0.15, 0.2) is 25.3 Å². The second-order valence-corrected chi connectivity index (χ2v) is 5.90. The molecule has 0 fully saturated rings. The highest BCUT2D eigenvalue weighted by atomic mass is 16.5. The van der Waals surface area contributed by atoms with Crippen molar-refractivity contribution in [1.82, 2.24) is 0 Å². The number of allylic oxidation sites excluding steroid dienone is 2. The first kappa shape index (κ1) is 26.8. The van der Waals surface area contributed by atoms with Gasteiger partial charge in [0.1, 0.15) is 0 Å². The minimum atomic E-state index is -0.0495. The highest BCUT2D eigenvalue weighted by Crippen LogP contribution is 2.06. The van der Waals surface area contributed by atoms with E-state index in [9.17, 15) is 4.79 Å². The van der Waals surface area contributed by atoms with E-state index >= 15 is 0 Å². The first-order chi connectivity index (χ1) is 11.0. The van der Waals surface area contributed by atoms with E-state index in [0.29, 0.717) is 6.42 Å². The van der Waals surface area contributed by atoms with E-state index in [4.69, 9.17) is 4.74 Å². The van der Waals surface area contributed by atoms with Gasteiger partial charge in [-0.2, -0.15) is 0 Å². The van der Waals surface area contributed by atoms with Crippen LogP contribution in [0.4, 0.5) is 0 Å². The summed E-state index contributed by atoms with van der Waals surface area (Å²) in [5, 5.41) is 0. The molecular weight excluding hydrogens is 284 g/mol. The van der Waals surface area contributed by atoms with Gasteiger partial charge in [-0.15, -0.1) is 13.2 Å². The Morgan fingerprint density at radius 2 is 1.43 bits per heavy atom. The SMILES string of the molecule is C=CC.C=CCCCCC.CCCCCCCC(=O)OC(C)C. The lowest BCUT2D eigenvalue weighted by Crippen LogP contribution is -2.10. The summed E-state index contributed by atoms with van der Waals surface area (Å²) in [5.74, 6) is -0.0495. The predicted molar refractivity (Wildman–Crippen MR) is 105 cm³/mol. The minimum absolute atomic E-state index is 0.0307. The summed E-state index contributed by atoms with van der Waals surface area (Å²) < 4.78 is 5.02. The number of hydrogen-bond acceptors (Lipinski definition) is 2.